The number of rotatable bonds is 6. The first kappa shape index (κ1) is 12.1. The molecular weight excluding hydrogens is 210 g/mol. The van der Waals surface area contributed by atoms with Crippen molar-refractivity contribution in [2.24, 2.45) is 0 Å². The van der Waals surface area contributed by atoms with Crippen LogP contribution in [0.3, 0.4) is 0 Å². The van der Waals surface area contributed by atoms with Crippen molar-refractivity contribution in [3.63, 3.8) is 0 Å². The molecule has 0 saturated carbocycles. The molecule has 1 N–H and O–H groups in total. The van der Waals surface area contributed by atoms with Gasteiger partial charge in [-0.05, 0) is 49.3 Å². The first-order valence-corrected chi connectivity index (χ1v) is 7.26. The van der Waals surface area contributed by atoms with E-state index in [1.807, 2.05) is 23.1 Å². The predicted octanol–water partition coefficient (Wildman–Crippen LogP) is 3.29. The molecule has 1 heterocycles. The first-order valence-electron chi connectivity index (χ1n) is 4.99. The van der Waals surface area contributed by atoms with E-state index in [4.69, 9.17) is 0 Å². The molecule has 0 aliphatic rings. The van der Waals surface area contributed by atoms with Crippen LogP contribution in [0, 0.1) is 6.92 Å². The number of aryl methyl sites for hydroxylation is 1. The van der Waals surface area contributed by atoms with Crippen molar-refractivity contribution in [1.29, 1.82) is 0 Å². The minimum atomic E-state index is 0.629. The maximum absolute atomic E-state index is 3.56. The van der Waals surface area contributed by atoms with Gasteiger partial charge in [0.2, 0.25) is 0 Å². The maximum atomic E-state index is 3.56. The van der Waals surface area contributed by atoms with Gasteiger partial charge in [0.05, 0.1) is 0 Å². The summed E-state index contributed by atoms with van der Waals surface area (Å²) in [6.45, 7) is 5.47. The average molecular weight is 229 g/mol. The minimum Gasteiger partial charge on any atom is -0.309 e. The van der Waals surface area contributed by atoms with E-state index in [1.165, 1.54) is 22.6 Å². The van der Waals surface area contributed by atoms with Crippen LogP contribution >= 0.6 is 23.1 Å². The average Bonchev–Trinajstić information content (AvgIpc) is 2.58. The number of thioether (sulfide) groups is 1. The fourth-order valence-corrected chi connectivity index (χ4v) is 2.70. The van der Waals surface area contributed by atoms with Gasteiger partial charge < -0.3 is 5.32 Å². The van der Waals surface area contributed by atoms with E-state index in [2.05, 4.69) is 36.9 Å². The van der Waals surface area contributed by atoms with Gasteiger partial charge in [-0.25, -0.2) is 0 Å². The van der Waals surface area contributed by atoms with E-state index < -0.39 is 0 Å². The number of nitrogens with one attached hydrogen (secondary N) is 1. The SMILES string of the molecule is CSCCC(C)NCc1sccc1C. The van der Waals surface area contributed by atoms with Crippen molar-refractivity contribution in [2.45, 2.75) is 32.9 Å². The van der Waals surface area contributed by atoms with Crippen LogP contribution < -0.4 is 5.32 Å². The highest BCUT2D eigenvalue weighted by atomic mass is 32.2. The molecule has 0 spiro atoms. The molecule has 0 aliphatic carbocycles. The number of thiophene rings is 1. The van der Waals surface area contributed by atoms with Gasteiger partial charge in [0.25, 0.3) is 0 Å². The van der Waals surface area contributed by atoms with Crippen molar-refractivity contribution < 1.29 is 0 Å². The summed E-state index contributed by atoms with van der Waals surface area (Å²) in [5.41, 5.74) is 1.42. The molecule has 1 aromatic rings. The molecule has 1 rings (SSSR count). The molecule has 3 heteroatoms. The predicted molar refractivity (Wildman–Crippen MR) is 68.4 cm³/mol. The highest BCUT2D eigenvalue weighted by molar-refractivity contribution is 7.98. The summed E-state index contributed by atoms with van der Waals surface area (Å²) in [6.07, 6.45) is 3.42. The van der Waals surface area contributed by atoms with Crippen LogP contribution in [0.1, 0.15) is 23.8 Å². The number of hydrogen-bond donors (Lipinski definition) is 1. The molecule has 1 nitrogen and oxygen atoms in total. The summed E-state index contributed by atoms with van der Waals surface area (Å²) in [7, 11) is 0. The van der Waals surface area contributed by atoms with Gasteiger partial charge in [-0.1, -0.05) is 0 Å². The van der Waals surface area contributed by atoms with Crippen molar-refractivity contribution >= 4 is 23.1 Å². The number of hydrogen-bond acceptors (Lipinski definition) is 3. The van der Waals surface area contributed by atoms with Gasteiger partial charge in [-0.15, -0.1) is 11.3 Å². The van der Waals surface area contributed by atoms with Gasteiger partial charge in [0.1, 0.15) is 0 Å². The molecule has 0 radical (unpaired) electrons. The fraction of sp³-hybridized carbons (Fsp3) is 0.636. The smallest absolute Gasteiger partial charge is 0.0304 e. The van der Waals surface area contributed by atoms with E-state index >= 15 is 0 Å². The van der Waals surface area contributed by atoms with Gasteiger partial charge in [0, 0.05) is 17.5 Å². The molecule has 0 aliphatic heterocycles. The third-order valence-electron chi connectivity index (χ3n) is 2.33. The van der Waals surface area contributed by atoms with E-state index in [9.17, 15) is 0 Å². The lowest BCUT2D eigenvalue weighted by Gasteiger charge is -2.12. The Morgan fingerprint density at radius 2 is 2.36 bits per heavy atom. The van der Waals surface area contributed by atoms with E-state index in [0.717, 1.165) is 6.54 Å². The summed E-state index contributed by atoms with van der Waals surface area (Å²) >= 11 is 3.77. The molecule has 14 heavy (non-hydrogen) atoms. The van der Waals surface area contributed by atoms with Gasteiger partial charge >= 0.3 is 0 Å². The van der Waals surface area contributed by atoms with Gasteiger partial charge in [-0.2, -0.15) is 11.8 Å². The Labute approximate surface area is 95.3 Å². The topological polar surface area (TPSA) is 12.0 Å². The second kappa shape index (κ2) is 6.49. The van der Waals surface area contributed by atoms with Crippen LogP contribution in [0.15, 0.2) is 11.4 Å². The summed E-state index contributed by atoms with van der Waals surface area (Å²) in [5.74, 6) is 1.25. The largest absolute Gasteiger partial charge is 0.309 e. The molecule has 80 valence electrons. The van der Waals surface area contributed by atoms with Crippen LogP contribution in [0.25, 0.3) is 0 Å². The van der Waals surface area contributed by atoms with Gasteiger partial charge in [-0.3, -0.25) is 0 Å². The molecular formula is C11H19NS2. The van der Waals surface area contributed by atoms with Crippen LogP contribution in [-0.4, -0.2) is 18.1 Å². The zero-order valence-electron chi connectivity index (χ0n) is 9.17. The quantitative estimate of drug-likeness (QED) is 0.803. The van der Waals surface area contributed by atoms with Crippen molar-refractivity contribution in [1.82, 2.24) is 5.32 Å². The second-order valence-corrected chi connectivity index (χ2v) is 5.58. The molecule has 1 atom stereocenters. The summed E-state index contributed by atoms with van der Waals surface area (Å²) in [5, 5.41) is 5.72. The Kier molecular flexibility index (Phi) is 5.60. The van der Waals surface area contributed by atoms with Crippen LogP contribution in [0.5, 0.6) is 0 Å². The Balaban J connectivity index is 2.23. The highest BCUT2D eigenvalue weighted by Gasteiger charge is 2.03. The van der Waals surface area contributed by atoms with Crippen molar-refractivity contribution in [3.05, 3.63) is 21.9 Å². The normalized spacial score (nSPS) is 13.1. The first-order chi connectivity index (χ1) is 6.74. The Morgan fingerprint density at radius 1 is 1.57 bits per heavy atom. The van der Waals surface area contributed by atoms with E-state index in [1.54, 1.807) is 0 Å². The highest BCUT2D eigenvalue weighted by Crippen LogP contribution is 2.15. The molecule has 0 aromatic carbocycles. The second-order valence-electron chi connectivity index (χ2n) is 3.59. The van der Waals surface area contributed by atoms with Crippen LogP contribution in [-0.2, 0) is 6.54 Å². The van der Waals surface area contributed by atoms with E-state index in [-0.39, 0.29) is 0 Å². The van der Waals surface area contributed by atoms with Crippen molar-refractivity contribution in [3.8, 4) is 0 Å². The molecule has 0 amide bonds. The van der Waals surface area contributed by atoms with Crippen LogP contribution in [0.4, 0.5) is 0 Å². The Bertz CT molecular complexity index is 258. The lowest BCUT2D eigenvalue weighted by atomic mass is 10.2. The zero-order valence-corrected chi connectivity index (χ0v) is 10.8. The summed E-state index contributed by atoms with van der Waals surface area (Å²) < 4.78 is 0. The minimum absolute atomic E-state index is 0.629. The molecule has 1 unspecified atom stereocenters. The molecule has 0 bridgehead atoms. The Morgan fingerprint density at radius 3 is 2.93 bits per heavy atom. The molecule has 0 saturated heterocycles. The fourth-order valence-electron chi connectivity index (χ4n) is 1.25. The Hall–Kier alpha value is 0.0100. The lowest BCUT2D eigenvalue weighted by molar-refractivity contribution is 0.540. The lowest BCUT2D eigenvalue weighted by Crippen LogP contribution is -2.25. The summed E-state index contributed by atoms with van der Waals surface area (Å²) in [4.78, 5) is 1.47. The van der Waals surface area contributed by atoms with Crippen molar-refractivity contribution in [2.75, 3.05) is 12.0 Å². The van der Waals surface area contributed by atoms with Gasteiger partial charge in [0.15, 0.2) is 0 Å². The third-order valence-corrected chi connectivity index (χ3v) is 4.00. The third kappa shape index (κ3) is 4.03. The standard InChI is InChI=1S/C11H19NS2/c1-9-4-7-14-11(9)8-12-10(2)5-6-13-3/h4,7,10,12H,5-6,8H2,1-3H3. The zero-order chi connectivity index (χ0) is 10.4. The maximum Gasteiger partial charge on any atom is 0.0304 e. The van der Waals surface area contributed by atoms with E-state index in [0.29, 0.717) is 6.04 Å². The monoisotopic (exact) mass is 229 g/mol. The summed E-state index contributed by atoms with van der Waals surface area (Å²) in [6, 6.07) is 2.82. The van der Waals surface area contributed by atoms with Crippen LogP contribution in [0.2, 0.25) is 0 Å². The molecule has 1 aromatic heterocycles. The molecule has 0 fully saturated rings.